The summed E-state index contributed by atoms with van der Waals surface area (Å²) in [7, 11) is 0. The number of nitrogens with one attached hydrogen (secondary N) is 1. The van der Waals surface area contributed by atoms with Crippen molar-refractivity contribution in [1.29, 1.82) is 0 Å². The van der Waals surface area contributed by atoms with Crippen molar-refractivity contribution >= 4 is 11.7 Å². The lowest BCUT2D eigenvalue weighted by Gasteiger charge is -2.19. The van der Waals surface area contributed by atoms with E-state index >= 15 is 0 Å². The zero-order chi connectivity index (χ0) is 16.4. The summed E-state index contributed by atoms with van der Waals surface area (Å²) in [6.45, 7) is 7.42. The first kappa shape index (κ1) is 15.5. The molecule has 0 saturated carbocycles. The molecule has 2 aromatic rings. The van der Waals surface area contributed by atoms with Gasteiger partial charge in [0.1, 0.15) is 17.9 Å². The molecule has 0 aromatic carbocycles. The summed E-state index contributed by atoms with van der Waals surface area (Å²) >= 11 is 0. The van der Waals surface area contributed by atoms with Gasteiger partial charge in [-0.1, -0.05) is 0 Å². The molecule has 1 aliphatic rings. The van der Waals surface area contributed by atoms with Gasteiger partial charge < -0.3 is 14.6 Å². The maximum absolute atomic E-state index is 12.5. The minimum atomic E-state index is 0.00889. The molecule has 3 rings (SSSR count). The van der Waals surface area contributed by atoms with Crippen LogP contribution in [-0.4, -0.2) is 39.9 Å². The van der Waals surface area contributed by atoms with Gasteiger partial charge in [-0.25, -0.2) is 9.97 Å². The van der Waals surface area contributed by atoms with E-state index in [1.807, 2.05) is 11.8 Å². The predicted molar refractivity (Wildman–Crippen MR) is 87.5 cm³/mol. The molecule has 1 N–H and O–H groups in total. The van der Waals surface area contributed by atoms with Gasteiger partial charge >= 0.3 is 0 Å². The summed E-state index contributed by atoms with van der Waals surface area (Å²) in [5.41, 5.74) is 2.77. The van der Waals surface area contributed by atoms with Gasteiger partial charge in [0, 0.05) is 31.1 Å². The maximum atomic E-state index is 12.5. The Morgan fingerprint density at radius 2 is 2.09 bits per heavy atom. The van der Waals surface area contributed by atoms with E-state index in [4.69, 9.17) is 4.42 Å². The van der Waals surface area contributed by atoms with E-state index in [2.05, 4.69) is 29.1 Å². The number of furan rings is 1. The van der Waals surface area contributed by atoms with Crippen LogP contribution in [-0.2, 0) is 12.8 Å². The van der Waals surface area contributed by atoms with Crippen molar-refractivity contribution in [3.8, 4) is 0 Å². The molecule has 3 heterocycles. The fraction of sp³-hybridized carbons (Fsp3) is 0.471. The monoisotopic (exact) mass is 314 g/mol. The van der Waals surface area contributed by atoms with Crippen LogP contribution >= 0.6 is 0 Å². The van der Waals surface area contributed by atoms with Crippen LogP contribution in [0.1, 0.15) is 41.3 Å². The average Bonchev–Trinajstić information content (AvgIpc) is 2.93. The molecule has 1 amide bonds. The Bertz CT molecular complexity index is 695. The molecule has 122 valence electrons. The first-order valence-electron chi connectivity index (χ1n) is 7.99. The van der Waals surface area contributed by atoms with Gasteiger partial charge in [-0.3, -0.25) is 4.79 Å². The summed E-state index contributed by atoms with van der Waals surface area (Å²) in [4.78, 5) is 23.5. The number of aryl methyl sites for hydroxylation is 1. The van der Waals surface area contributed by atoms with Crippen LogP contribution in [0.2, 0.25) is 0 Å². The number of anilines is 1. The lowest BCUT2D eigenvalue weighted by Crippen LogP contribution is -2.33. The van der Waals surface area contributed by atoms with E-state index in [0.717, 1.165) is 35.7 Å². The first-order valence-corrected chi connectivity index (χ1v) is 7.99. The number of carbonyl (C=O) groups excluding carboxylic acids is 1. The summed E-state index contributed by atoms with van der Waals surface area (Å²) in [6.07, 6.45) is 4.53. The van der Waals surface area contributed by atoms with Crippen LogP contribution in [0, 0.1) is 6.92 Å². The molecule has 23 heavy (non-hydrogen) atoms. The zero-order valence-corrected chi connectivity index (χ0v) is 13.8. The van der Waals surface area contributed by atoms with Crippen molar-refractivity contribution in [2.24, 2.45) is 0 Å². The highest BCUT2D eigenvalue weighted by atomic mass is 16.3. The second-order valence-corrected chi connectivity index (χ2v) is 6.15. The minimum Gasteiger partial charge on any atom is -0.472 e. The van der Waals surface area contributed by atoms with Crippen LogP contribution in [0.4, 0.5) is 5.82 Å². The van der Waals surface area contributed by atoms with Gasteiger partial charge in [-0.2, -0.15) is 0 Å². The lowest BCUT2D eigenvalue weighted by atomic mass is 10.1. The van der Waals surface area contributed by atoms with Gasteiger partial charge in [-0.05, 0) is 33.3 Å². The van der Waals surface area contributed by atoms with Gasteiger partial charge in [0.05, 0.1) is 17.5 Å². The van der Waals surface area contributed by atoms with E-state index in [1.165, 1.54) is 12.5 Å². The molecule has 0 bridgehead atoms. The van der Waals surface area contributed by atoms with E-state index in [0.29, 0.717) is 24.7 Å². The Morgan fingerprint density at radius 1 is 1.30 bits per heavy atom. The summed E-state index contributed by atoms with van der Waals surface area (Å²) < 4.78 is 5.02. The molecule has 0 spiro atoms. The minimum absolute atomic E-state index is 0.00889. The average molecular weight is 314 g/mol. The molecule has 0 radical (unpaired) electrons. The first-order chi connectivity index (χ1) is 11.0. The van der Waals surface area contributed by atoms with E-state index in [-0.39, 0.29) is 5.91 Å². The summed E-state index contributed by atoms with van der Waals surface area (Å²) in [5, 5.41) is 3.40. The van der Waals surface area contributed by atoms with Crippen molar-refractivity contribution in [1.82, 2.24) is 14.9 Å². The van der Waals surface area contributed by atoms with Crippen molar-refractivity contribution in [2.45, 2.75) is 39.7 Å². The molecular weight excluding hydrogens is 292 g/mol. The molecule has 0 unspecified atom stereocenters. The molecule has 0 atom stereocenters. The fourth-order valence-corrected chi connectivity index (χ4v) is 2.89. The highest BCUT2D eigenvalue weighted by Gasteiger charge is 2.23. The largest absolute Gasteiger partial charge is 0.472 e. The van der Waals surface area contributed by atoms with Crippen molar-refractivity contribution < 1.29 is 9.21 Å². The number of fused-ring (bicyclic) bond motifs is 1. The molecule has 0 aliphatic carbocycles. The van der Waals surface area contributed by atoms with E-state index < -0.39 is 0 Å². The number of hydrogen-bond donors (Lipinski definition) is 1. The van der Waals surface area contributed by atoms with E-state index in [9.17, 15) is 4.79 Å². The number of carbonyl (C=O) groups is 1. The number of aromatic nitrogens is 2. The zero-order valence-electron chi connectivity index (χ0n) is 13.8. The molecule has 1 aliphatic heterocycles. The Morgan fingerprint density at radius 3 is 2.78 bits per heavy atom. The normalized spacial score (nSPS) is 14.5. The predicted octanol–water partition coefficient (Wildman–Crippen LogP) is 2.44. The number of nitrogens with zero attached hydrogens (tertiary/aromatic N) is 3. The molecule has 0 fully saturated rings. The third-order valence-corrected chi connectivity index (χ3v) is 3.94. The summed E-state index contributed by atoms with van der Waals surface area (Å²) in [5.74, 6) is 1.68. The van der Waals surface area contributed by atoms with Gasteiger partial charge in [-0.15, -0.1) is 0 Å². The van der Waals surface area contributed by atoms with Crippen molar-refractivity contribution in [3.63, 3.8) is 0 Å². The fourth-order valence-electron chi connectivity index (χ4n) is 2.89. The highest BCUT2D eigenvalue weighted by Crippen LogP contribution is 2.23. The van der Waals surface area contributed by atoms with Crippen LogP contribution in [0.3, 0.4) is 0 Å². The topological polar surface area (TPSA) is 71.3 Å². The number of amides is 1. The highest BCUT2D eigenvalue weighted by molar-refractivity contribution is 5.93. The molecule has 2 aromatic heterocycles. The maximum Gasteiger partial charge on any atom is 0.257 e. The molecule has 6 heteroatoms. The molecular formula is C17H22N4O2. The standard InChI is InChI=1S/C17H22N4O2/c1-11(2)18-16-14-4-7-21(17(22)13-6-9-23-10-13)8-5-15(14)19-12(3)20-16/h6,9-11H,4-5,7-8H2,1-3H3,(H,18,19,20). The van der Waals surface area contributed by atoms with Gasteiger partial charge in [0.2, 0.25) is 0 Å². The molecule has 0 saturated heterocycles. The Kier molecular flexibility index (Phi) is 4.32. The smallest absolute Gasteiger partial charge is 0.257 e. The van der Waals surface area contributed by atoms with Crippen LogP contribution in [0.15, 0.2) is 23.0 Å². The van der Waals surface area contributed by atoms with E-state index in [1.54, 1.807) is 6.07 Å². The summed E-state index contributed by atoms with van der Waals surface area (Å²) in [6, 6.07) is 2.01. The van der Waals surface area contributed by atoms with Crippen LogP contribution in [0.25, 0.3) is 0 Å². The lowest BCUT2D eigenvalue weighted by molar-refractivity contribution is 0.0762. The quantitative estimate of drug-likeness (QED) is 0.942. The number of hydrogen-bond acceptors (Lipinski definition) is 5. The third-order valence-electron chi connectivity index (χ3n) is 3.94. The Labute approximate surface area is 135 Å². The van der Waals surface area contributed by atoms with Crippen LogP contribution < -0.4 is 5.32 Å². The second kappa shape index (κ2) is 6.40. The molecule has 6 nitrogen and oxygen atoms in total. The van der Waals surface area contributed by atoms with Gasteiger partial charge in [0.15, 0.2) is 0 Å². The Balaban J connectivity index is 1.83. The van der Waals surface area contributed by atoms with Gasteiger partial charge in [0.25, 0.3) is 5.91 Å². The van der Waals surface area contributed by atoms with Crippen molar-refractivity contribution in [3.05, 3.63) is 41.2 Å². The van der Waals surface area contributed by atoms with Crippen molar-refractivity contribution in [2.75, 3.05) is 18.4 Å². The third kappa shape index (κ3) is 3.36. The second-order valence-electron chi connectivity index (χ2n) is 6.15. The Hall–Kier alpha value is -2.37. The SMILES string of the molecule is Cc1nc2c(c(NC(C)C)n1)CCN(C(=O)c1ccoc1)CC2. The van der Waals surface area contributed by atoms with Crippen LogP contribution in [0.5, 0.6) is 0 Å². The number of rotatable bonds is 3.